The highest BCUT2D eigenvalue weighted by Gasteiger charge is 2.34. The Bertz CT molecular complexity index is 983. The normalized spacial score (nSPS) is 10.2. The zero-order valence-corrected chi connectivity index (χ0v) is 19.0. The summed E-state index contributed by atoms with van der Waals surface area (Å²) in [5, 5.41) is 7.82. The van der Waals surface area contributed by atoms with Gasteiger partial charge in [-0.15, -0.1) is 0 Å². The molecule has 3 amide bonds. The van der Waals surface area contributed by atoms with Gasteiger partial charge >= 0.3 is 0 Å². The molecule has 176 valence electrons. The molecule has 0 aliphatic heterocycles. The highest BCUT2D eigenvalue weighted by Crippen LogP contribution is 2.20. The average Bonchev–Trinajstić information content (AvgIpc) is 2.85. The van der Waals surface area contributed by atoms with E-state index in [1.165, 1.54) is 21.3 Å². The van der Waals surface area contributed by atoms with E-state index in [-0.39, 0.29) is 0 Å². The number of hydrogen-bond donors (Lipinski definition) is 3. The number of nitrogens with one attached hydrogen (secondary N) is 3. The maximum atomic E-state index is 13.0. The molecule has 0 saturated heterocycles. The highest BCUT2D eigenvalue weighted by atomic mass is 16.5. The lowest BCUT2D eigenvalue weighted by Gasteiger charge is -2.17. The molecule has 9 nitrogen and oxygen atoms in total. The van der Waals surface area contributed by atoms with Gasteiger partial charge in [-0.1, -0.05) is 0 Å². The quantitative estimate of drug-likeness (QED) is 0.418. The second-order valence-electron chi connectivity index (χ2n) is 7.09. The maximum Gasteiger partial charge on any atom is 0.246 e. The highest BCUT2D eigenvalue weighted by molar-refractivity contribution is 6.26. The van der Waals surface area contributed by atoms with Crippen LogP contribution in [0.3, 0.4) is 0 Å². The van der Waals surface area contributed by atoms with Crippen molar-refractivity contribution in [1.29, 1.82) is 0 Å². The minimum atomic E-state index is -1.67. The predicted molar refractivity (Wildman–Crippen MR) is 128 cm³/mol. The average molecular weight is 463 g/mol. The van der Waals surface area contributed by atoms with Gasteiger partial charge in [0.15, 0.2) is 5.92 Å². The molecule has 0 spiro atoms. The SMILES string of the molecule is COc1ccc(NC(=O)C(C(=O)Nc2ccc(OC)cc2)C(=O)Nc2ccc(OC)cc2)cc1. The summed E-state index contributed by atoms with van der Waals surface area (Å²) in [5.74, 6) is -2.24. The largest absolute Gasteiger partial charge is 0.497 e. The third kappa shape index (κ3) is 6.26. The zero-order chi connectivity index (χ0) is 24.5. The molecule has 9 heteroatoms. The van der Waals surface area contributed by atoms with Crippen molar-refractivity contribution >= 4 is 34.8 Å². The van der Waals surface area contributed by atoms with E-state index in [1.807, 2.05) is 0 Å². The molecule has 3 rings (SSSR count). The zero-order valence-electron chi connectivity index (χ0n) is 19.0. The molecular weight excluding hydrogens is 438 g/mol. The van der Waals surface area contributed by atoms with E-state index in [9.17, 15) is 14.4 Å². The Morgan fingerprint density at radius 2 is 0.735 bits per heavy atom. The minimum Gasteiger partial charge on any atom is -0.497 e. The first-order chi connectivity index (χ1) is 16.4. The summed E-state index contributed by atoms with van der Waals surface area (Å²) in [6.07, 6.45) is 0. The topological polar surface area (TPSA) is 115 Å². The number of hydrogen-bond acceptors (Lipinski definition) is 6. The van der Waals surface area contributed by atoms with Gasteiger partial charge < -0.3 is 30.2 Å². The fourth-order valence-corrected chi connectivity index (χ4v) is 3.02. The number of carbonyl (C=O) groups is 3. The van der Waals surface area contributed by atoms with Crippen LogP contribution in [0.5, 0.6) is 17.2 Å². The first-order valence-corrected chi connectivity index (χ1v) is 10.3. The molecule has 0 unspecified atom stereocenters. The maximum absolute atomic E-state index is 13.0. The van der Waals surface area contributed by atoms with Gasteiger partial charge in [0.2, 0.25) is 17.7 Å². The summed E-state index contributed by atoms with van der Waals surface area (Å²) in [7, 11) is 4.57. The summed E-state index contributed by atoms with van der Waals surface area (Å²) in [6.45, 7) is 0. The third-order valence-corrected chi connectivity index (χ3v) is 4.86. The molecule has 0 heterocycles. The van der Waals surface area contributed by atoms with Crippen LogP contribution in [0.25, 0.3) is 0 Å². The third-order valence-electron chi connectivity index (χ3n) is 4.86. The van der Waals surface area contributed by atoms with Crippen LogP contribution in [0, 0.1) is 5.92 Å². The lowest BCUT2D eigenvalue weighted by atomic mass is 10.1. The summed E-state index contributed by atoms with van der Waals surface area (Å²) in [4.78, 5) is 39.1. The van der Waals surface area contributed by atoms with Gasteiger partial charge in [-0.25, -0.2) is 0 Å². The van der Waals surface area contributed by atoms with E-state index in [0.29, 0.717) is 34.3 Å². The summed E-state index contributed by atoms with van der Waals surface area (Å²) >= 11 is 0. The van der Waals surface area contributed by atoms with Gasteiger partial charge in [0, 0.05) is 17.1 Å². The molecule has 3 aromatic carbocycles. The van der Waals surface area contributed by atoms with Crippen molar-refractivity contribution in [1.82, 2.24) is 0 Å². The van der Waals surface area contributed by atoms with Crippen molar-refractivity contribution in [2.24, 2.45) is 5.92 Å². The monoisotopic (exact) mass is 463 g/mol. The van der Waals surface area contributed by atoms with Crippen LogP contribution in [-0.2, 0) is 14.4 Å². The molecule has 0 radical (unpaired) electrons. The first kappa shape index (κ1) is 24.1. The Morgan fingerprint density at radius 3 is 0.941 bits per heavy atom. The van der Waals surface area contributed by atoms with Gasteiger partial charge in [0.25, 0.3) is 0 Å². The lowest BCUT2D eigenvalue weighted by molar-refractivity contribution is -0.136. The van der Waals surface area contributed by atoms with E-state index < -0.39 is 23.6 Å². The molecule has 0 bridgehead atoms. The van der Waals surface area contributed by atoms with Gasteiger partial charge in [0.1, 0.15) is 17.2 Å². The van der Waals surface area contributed by atoms with E-state index >= 15 is 0 Å². The van der Waals surface area contributed by atoms with Gasteiger partial charge in [-0.2, -0.15) is 0 Å². The molecule has 34 heavy (non-hydrogen) atoms. The molecule has 3 N–H and O–H groups in total. The summed E-state index contributed by atoms with van der Waals surface area (Å²) in [5.41, 5.74) is 1.22. The van der Waals surface area contributed by atoms with Crippen LogP contribution in [-0.4, -0.2) is 39.1 Å². The van der Waals surface area contributed by atoms with Crippen molar-refractivity contribution in [2.75, 3.05) is 37.3 Å². The van der Waals surface area contributed by atoms with Gasteiger partial charge in [-0.05, 0) is 72.8 Å². The van der Waals surface area contributed by atoms with Crippen LogP contribution < -0.4 is 30.2 Å². The number of methoxy groups -OCH3 is 3. The van der Waals surface area contributed by atoms with Crippen molar-refractivity contribution < 1.29 is 28.6 Å². The molecule has 0 aliphatic carbocycles. The number of benzene rings is 3. The van der Waals surface area contributed by atoms with E-state index in [0.717, 1.165) is 0 Å². The Hall–Kier alpha value is -4.53. The van der Waals surface area contributed by atoms with E-state index in [2.05, 4.69) is 16.0 Å². The van der Waals surface area contributed by atoms with Crippen molar-refractivity contribution in [3.8, 4) is 17.2 Å². The second-order valence-corrected chi connectivity index (χ2v) is 7.09. The minimum absolute atomic E-state index is 0.408. The number of ether oxygens (including phenoxy) is 3. The fourth-order valence-electron chi connectivity index (χ4n) is 3.02. The Kier molecular flexibility index (Phi) is 8.07. The second kappa shape index (κ2) is 11.4. The van der Waals surface area contributed by atoms with Crippen LogP contribution in [0.2, 0.25) is 0 Å². The van der Waals surface area contributed by atoms with E-state index in [4.69, 9.17) is 14.2 Å². The Morgan fingerprint density at radius 1 is 0.500 bits per heavy atom. The predicted octanol–water partition coefficient (Wildman–Crippen LogP) is 3.54. The number of amides is 3. The molecule has 0 aromatic heterocycles. The van der Waals surface area contributed by atoms with Crippen LogP contribution >= 0.6 is 0 Å². The number of rotatable bonds is 9. The molecule has 0 saturated carbocycles. The summed E-state index contributed by atoms with van der Waals surface area (Å²) < 4.78 is 15.3. The first-order valence-electron chi connectivity index (χ1n) is 10.3. The van der Waals surface area contributed by atoms with Crippen molar-refractivity contribution in [3.63, 3.8) is 0 Å². The molecule has 3 aromatic rings. The van der Waals surface area contributed by atoms with Crippen molar-refractivity contribution in [2.45, 2.75) is 0 Å². The van der Waals surface area contributed by atoms with E-state index in [1.54, 1.807) is 72.8 Å². The Balaban J connectivity index is 1.80. The smallest absolute Gasteiger partial charge is 0.246 e. The molecule has 0 atom stereocenters. The Labute approximate surface area is 197 Å². The van der Waals surface area contributed by atoms with Gasteiger partial charge in [-0.3, -0.25) is 14.4 Å². The van der Waals surface area contributed by atoms with Gasteiger partial charge in [0.05, 0.1) is 21.3 Å². The summed E-state index contributed by atoms with van der Waals surface area (Å²) in [6, 6.07) is 19.6. The molecule has 0 aliphatic rings. The van der Waals surface area contributed by atoms with Crippen LogP contribution in [0.4, 0.5) is 17.1 Å². The number of anilines is 3. The molecule has 0 fully saturated rings. The standard InChI is InChI=1S/C25H25N3O6/c1-32-19-10-4-16(5-11-19)26-23(29)22(24(30)27-17-6-12-20(33-2)13-7-17)25(31)28-18-8-14-21(34-3)15-9-18/h4-15,22H,1-3H3,(H,26,29)(H,27,30)(H,28,31). The van der Waals surface area contributed by atoms with Crippen LogP contribution in [0.1, 0.15) is 0 Å². The fraction of sp³-hybridized carbons (Fsp3) is 0.160. The molecular formula is C25H25N3O6. The van der Waals surface area contributed by atoms with Crippen LogP contribution in [0.15, 0.2) is 72.8 Å². The number of carbonyl (C=O) groups excluding carboxylic acids is 3. The lowest BCUT2D eigenvalue weighted by Crippen LogP contribution is -2.42. The van der Waals surface area contributed by atoms with Crippen molar-refractivity contribution in [3.05, 3.63) is 72.8 Å².